The molecule has 110 valence electrons. The molecule has 1 heterocycles. The third kappa shape index (κ3) is 3.70. The number of carbonyl (C=O) groups excluding carboxylic acids is 1. The highest BCUT2D eigenvalue weighted by atomic mass is 19.4. The Morgan fingerprint density at radius 1 is 1.50 bits per heavy atom. The molecule has 20 heavy (non-hydrogen) atoms. The molecule has 0 radical (unpaired) electrons. The number of esters is 1. The maximum absolute atomic E-state index is 12.0. The molecule has 1 aromatic heterocycles. The predicted molar refractivity (Wildman–Crippen MR) is 56.4 cm³/mol. The van der Waals surface area contributed by atoms with Crippen molar-refractivity contribution in [1.82, 2.24) is 4.98 Å². The summed E-state index contributed by atoms with van der Waals surface area (Å²) in [6.45, 7) is 1.23. The lowest BCUT2D eigenvalue weighted by atomic mass is 10.2. The summed E-state index contributed by atoms with van der Waals surface area (Å²) in [5.74, 6) is -3.64. The third-order valence-electron chi connectivity index (χ3n) is 1.89. The molecule has 0 bridgehead atoms. The lowest BCUT2D eigenvalue weighted by Crippen LogP contribution is -2.24. The van der Waals surface area contributed by atoms with Crippen LogP contribution in [0.4, 0.5) is 19.0 Å². The van der Waals surface area contributed by atoms with E-state index >= 15 is 0 Å². The molecule has 0 amide bonds. The molecule has 0 aliphatic heterocycles. The van der Waals surface area contributed by atoms with Crippen molar-refractivity contribution in [3.05, 3.63) is 32.1 Å². The highest BCUT2D eigenvalue weighted by Gasteiger charge is 2.35. The van der Waals surface area contributed by atoms with Crippen molar-refractivity contribution >= 4 is 11.8 Å². The van der Waals surface area contributed by atoms with Gasteiger partial charge in [-0.3, -0.25) is 0 Å². The van der Waals surface area contributed by atoms with Crippen LogP contribution in [-0.2, 0) is 4.74 Å². The Morgan fingerprint density at radius 3 is 2.55 bits per heavy atom. The van der Waals surface area contributed by atoms with Crippen LogP contribution >= 0.6 is 0 Å². The number of hydrogen-bond donors (Lipinski definition) is 1. The molecule has 0 atom stereocenters. The highest BCUT2D eigenvalue weighted by Crippen LogP contribution is 2.23. The van der Waals surface area contributed by atoms with Crippen molar-refractivity contribution in [3.8, 4) is 5.75 Å². The summed E-state index contributed by atoms with van der Waals surface area (Å²) in [4.78, 5) is 33.7. The second-order valence-electron chi connectivity index (χ2n) is 3.25. The molecule has 11 heteroatoms. The first-order chi connectivity index (χ1) is 9.15. The van der Waals surface area contributed by atoms with E-state index in [1.165, 1.54) is 11.9 Å². The predicted octanol–water partition coefficient (Wildman–Crippen LogP) is 1.36. The number of rotatable bonds is 4. The minimum atomic E-state index is -5.19. The Balaban J connectivity index is 3.38. The molecule has 1 aromatic rings. The summed E-state index contributed by atoms with van der Waals surface area (Å²) in [5.41, 5.74) is -2.35. The van der Waals surface area contributed by atoms with Crippen LogP contribution < -0.4 is 10.3 Å². The molecule has 0 saturated heterocycles. The largest absolute Gasteiger partial charge is 0.573 e. The Hall–Kier alpha value is -2.59. The van der Waals surface area contributed by atoms with E-state index in [9.17, 15) is 32.9 Å². The van der Waals surface area contributed by atoms with Crippen LogP contribution in [0.1, 0.15) is 17.3 Å². The Morgan fingerprint density at radius 2 is 2.10 bits per heavy atom. The number of ether oxygens (including phenoxy) is 2. The number of aromatic nitrogens is 1. The van der Waals surface area contributed by atoms with E-state index in [4.69, 9.17) is 0 Å². The Kier molecular flexibility index (Phi) is 4.32. The van der Waals surface area contributed by atoms with Gasteiger partial charge in [-0.25, -0.2) is 9.59 Å². The molecule has 0 saturated carbocycles. The fourth-order valence-corrected chi connectivity index (χ4v) is 1.21. The fraction of sp³-hybridized carbons (Fsp3) is 0.333. The summed E-state index contributed by atoms with van der Waals surface area (Å²) in [6.07, 6.45) is -5.19. The van der Waals surface area contributed by atoms with Gasteiger partial charge >= 0.3 is 23.7 Å². The molecule has 0 unspecified atom stereocenters. The van der Waals surface area contributed by atoms with Crippen molar-refractivity contribution < 1.29 is 32.4 Å². The number of carbonyl (C=O) groups is 1. The third-order valence-corrected chi connectivity index (χ3v) is 1.89. The van der Waals surface area contributed by atoms with E-state index in [0.29, 0.717) is 6.07 Å². The number of nitro groups is 1. The number of nitrogens with one attached hydrogen (secondary N) is 1. The van der Waals surface area contributed by atoms with Crippen LogP contribution in [0, 0.1) is 10.1 Å². The zero-order valence-electron chi connectivity index (χ0n) is 9.82. The standard InChI is InChI=1S/C9H7F3N2O6/c1-2-19-8(16)4-3-5(20-9(10,11)12)7(15)13-6(4)14(17)18/h3H,2H2,1H3,(H,13,15). The number of alkyl halides is 3. The number of H-pyrrole nitrogens is 1. The molecule has 0 spiro atoms. The molecule has 0 fully saturated rings. The topological polar surface area (TPSA) is 112 Å². The van der Waals surface area contributed by atoms with Gasteiger partial charge in [-0.1, -0.05) is 0 Å². The first-order valence-corrected chi connectivity index (χ1v) is 5.00. The van der Waals surface area contributed by atoms with Crippen LogP contribution in [0.15, 0.2) is 10.9 Å². The van der Waals surface area contributed by atoms with Gasteiger partial charge in [0.25, 0.3) is 0 Å². The van der Waals surface area contributed by atoms with E-state index in [2.05, 4.69) is 9.47 Å². The van der Waals surface area contributed by atoms with Gasteiger partial charge in [0.15, 0.2) is 5.56 Å². The maximum atomic E-state index is 12.0. The molecule has 0 aliphatic rings. The second-order valence-corrected chi connectivity index (χ2v) is 3.25. The van der Waals surface area contributed by atoms with Crippen molar-refractivity contribution in [2.75, 3.05) is 6.61 Å². The zero-order chi connectivity index (χ0) is 15.5. The summed E-state index contributed by atoms with van der Waals surface area (Å²) in [6, 6.07) is 0.308. The summed E-state index contributed by atoms with van der Waals surface area (Å²) >= 11 is 0. The summed E-state index contributed by atoms with van der Waals surface area (Å²) in [7, 11) is 0. The number of hydrogen-bond acceptors (Lipinski definition) is 6. The number of nitrogens with zero attached hydrogens (tertiary/aromatic N) is 1. The van der Waals surface area contributed by atoms with Gasteiger partial charge < -0.3 is 19.6 Å². The fourth-order valence-electron chi connectivity index (χ4n) is 1.21. The van der Waals surface area contributed by atoms with Crippen LogP contribution in [0.2, 0.25) is 0 Å². The van der Waals surface area contributed by atoms with Crippen molar-refractivity contribution in [1.29, 1.82) is 0 Å². The molecule has 1 N–H and O–H groups in total. The Bertz CT molecular complexity index is 594. The van der Waals surface area contributed by atoms with Crippen LogP contribution in [0.5, 0.6) is 5.75 Å². The second kappa shape index (κ2) is 5.59. The maximum Gasteiger partial charge on any atom is 0.573 e. The molecule has 0 aliphatic carbocycles. The van der Waals surface area contributed by atoms with Crippen LogP contribution in [0.25, 0.3) is 0 Å². The van der Waals surface area contributed by atoms with Crippen molar-refractivity contribution in [2.45, 2.75) is 13.3 Å². The average Bonchev–Trinajstić information content (AvgIpc) is 2.29. The highest BCUT2D eigenvalue weighted by molar-refractivity contribution is 5.93. The SMILES string of the molecule is CCOC(=O)c1cc(OC(F)(F)F)c(=O)[nH]c1[N+](=O)[O-]. The lowest BCUT2D eigenvalue weighted by Gasteiger charge is -2.09. The lowest BCUT2D eigenvalue weighted by molar-refractivity contribution is -0.390. The first kappa shape index (κ1) is 15.5. The van der Waals surface area contributed by atoms with Gasteiger partial charge in [0.05, 0.1) is 6.61 Å². The van der Waals surface area contributed by atoms with E-state index in [1.807, 2.05) is 0 Å². The quantitative estimate of drug-likeness (QED) is 0.510. The van der Waals surface area contributed by atoms with Crippen LogP contribution in [0.3, 0.4) is 0 Å². The van der Waals surface area contributed by atoms with Gasteiger partial charge in [0, 0.05) is 6.07 Å². The normalized spacial score (nSPS) is 11.0. The number of aromatic amines is 1. The smallest absolute Gasteiger partial charge is 0.462 e. The van der Waals surface area contributed by atoms with E-state index in [1.54, 1.807) is 0 Å². The van der Waals surface area contributed by atoms with Gasteiger partial charge in [-0.15, -0.1) is 13.2 Å². The van der Waals surface area contributed by atoms with Gasteiger partial charge in [-0.05, 0) is 11.8 Å². The van der Waals surface area contributed by atoms with Gasteiger partial charge in [-0.2, -0.15) is 4.98 Å². The zero-order valence-corrected chi connectivity index (χ0v) is 9.82. The minimum Gasteiger partial charge on any atom is -0.462 e. The Labute approximate surface area is 108 Å². The molecular weight excluding hydrogens is 289 g/mol. The van der Waals surface area contributed by atoms with E-state index in [0.717, 1.165) is 0 Å². The first-order valence-electron chi connectivity index (χ1n) is 5.00. The van der Waals surface area contributed by atoms with E-state index in [-0.39, 0.29) is 6.61 Å². The van der Waals surface area contributed by atoms with Crippen molar-refractivity contribution in [3.63, 3.8) is 0 Å². The van der Waals surface area contributed by atoms with Crippen LogP contribution in [-0.4, -0.2) is 28.8 Å². The van der Waals surface area contributed by atoms with E-state index < -0.39 is 39.9 Å². The molecule has 1 rings (SSSR count). The average molecular weight is 296 g/mol. The van der Waals surface area contributed by atoms with Gasteiger partial charge in [0.1, 0.15) is 0 Å². The minimum absolute atomic E-state index is 0.162. The molecule has 8 nitrogen and oxygen atoms in total. The molecule has 0 aromatic carbocycles. The molecular formula is C9H7F3N2O6. The number of halogens is 3. The van der Waals surface area contributed by atoms with Crippen molar-refractivity contribution in [2.24, 2.45) is 0 Å². The summed E-state index contributed by atoms with van der Waals surface area (Å²) in [5, 5.41) is 10.6. The monoisotopic (exact) mass is 296 g/mol. The van der Waals surface area contributed by atoms with Gasteiger partial charge in [0.2, 0.25) is 5.75 Å². The summed E-state index contributed by atoms with van der Waals surface area (Å²) < 4.78 is 43.9. The number of pyridine rings is 1.